The first-order chi connectivity index (χ1) is 13.5. The van der Waals surface area contributed by atoms with Gasteiger partial charge in [-0.15, -0.1) is 0 Å². The molecule has 7 heteroatoms. The van der Waals surface area contributed by atoms with E-state index in [2.05, 4.69) is 10.2 Å². The van der Waals surface area contributed by atoms with E-state index in [1.807, 2.05) is 18.2 Å². The third-order valence-electron chi connectivity index (χ3n) is 7.30. The summed E-state index contributed by atoms with van der Waals surface area (Å²) in [6.45, 7) is 1.83. The molecule has 3 N–H and O–H groups in total. The van der Waals surface area contributed by atoms with Crippen LogP contribution in [0.3, 0.4) is 0 Å². The van der Waals surface area contributed by atoms with Crippen LogP contribution in [0, 0.1) is 0 Å². The summed E-state index contributed by atoms with van der Waals surface area (Å²) in [5, 5.41) is 2.37. The monoisotopic (exact) mass is 382 g/mol. The first-order valence-corrected chi connectivity index (χ1v) is 10.2. The molecule has 1 unspecified atom stereocenters. The summed E-state index contributed by atoms with van der Waals surface area (Å²) in [5.41, 5.74) is 8.97. The van der Waals surface area contributed by atoms with E-state index in [-0.39, 0.29) is 29.7 Å². The molecule has 3 fully saturated rings. The molecule has 0 radical (unpaired) electrons. The second kappa shape index (κ2) is 6.39. The maximum absolute atomic E-state index is 13.3. The predicted octanol–water partition coefficient (Wildman–Crippen LogP) is 0.903. The Kier molecular flexibility index (Phi) is 4.07. The van der Waals surface area contributed by atoms with Crippen LogP contribution in [0.4, 0.5) is 0 Å². The summed E-state index contributed by atoms with van der Waals surface area (Å²) in [4.78, 5) is 41.1. The molecule has 148 valence electrons. The van der Waals surface area contributed by atoms with Gasteiger partial charge in [0, 0.05) is 43.2 Å². The first-order valence-electron chi connectivity index (χ1n) is 10.2. The molecular weight excluding hydrogens is 356 g/mol. The standard InChI is InChI=1S/C21H26N4O3/c22-12-21-8-6-15(7-9-21)25(21)11-14-3-1-2-13-10-24(20(28)18(13)14)16-4-5-17(26)23-19(16)27/h1-3,15-16H,4-12,22H2,(H,23,26,27). The van der Waals surface area contributed by atoms with Crippen LogP contribution in [0.25, 0.3) is 0 Å². The van der Waals surface area contributed by atoms with Crippen molar-refractivity contribution in [1.29, 1.82) is 0 Å². The predicted molar refractivity (Wildman–Crippen MR) is 102 cm³/mol. The quantitative estimate of drug-likeness (QED) is 0.755. The average Bonchev–Trinajstić information content (AvgIpc) is 3.32. The van der Waals surface area contributed by atoms with Crippen molar-refractivity contribution in [3.63, 3.8) is 0 Å². The molecule has 3 amide bonds. The van der Waals surface area contributed by atoms with E-state index in [4.69, 9.17) is 5.73 Å². The minimum absolute atomic E-state index is 0.0817. The van der Waals surface area contributed by atoms with Gasteiger partial charge in [-0.1, -0.05) is 18.2 Å². The second-order valence-electron chi connectivity index (χ2n) is 8.64. The largest absolute Gasteiger partial charge is 0.329 e. The summed E-state index contributed by atoms with van der Waals surface area (Å²) in [7, 11) is 0. The highest BCUT2D eigenvalue weighted by Gasteiger charge is 2.51. The van der Waals surface area contributed by atoms with Crippen LogP contribution in [0.5, 0.6) is 0 Å². The van der Waals surface area contributed by atoms with Gasteiger partial charge in [0.05, 0.1) is 0 Å². The third-order valence-corrected chi connectivity index (χ3v) is 7.30. The molecule has 5 rings (SSSR count). The van der Waals surface area contributed by atoms with Gasteiger partial charge in [-0.3, -0.25) is 24.6 Å². The third kappa shape index (κ3) is 2.53. The number of carbonyl (C=O) groups is 3. The number of piperidine rings is 1. The molecule has 4 aliphatic heterocycles. The first kappa shape index (κ1) is 17.8. The van der Waals surface area contributed by atoms with Crippen molar-refractivity contribution in [1.82, 2.24) is 15.1 Å². The lowest BCUT2D eigenvalue weighted by Crippen LogP contribution is -2.52. The number of nitrogens with two attached hydrogens (primary N) is 1. The normalized spacial score (nSPS) is 32.2. The minimum atomic E-state index is -0.566. The summed E-state index contributed by atoms with van der Waals surface area (Å²) in [6.07, 6.45) is 5.31. The van der Waals surface area contributed by atoms with Gasteiger partial charge >= 0.3 is 0 Å². The molecular formula is C21H26N4O3. The number of hydrogen-bond donors (Lipinski definition) is 2. The zero-order valence-electron chi connectivity index (χ0n) is 15.9. The summed E-state index contributed by atoms with van der Waals surface area (Å²) >= 11 is 0. The Morgan fingerprint density at radius 2 is 1.93 bits per heavy atom. The number of hydrogen-bond acceptors (Lipinski definition) is 5. The lowest BCUT2D eigenvalue weighted by molar-refractivity contribution is -0.136. The second-order valence-corrected chi connectivity index (χ2v) is 8.64. The number of nitrogens with one attached hydrogen (secondary N) is 1. The van der Waals surface area contributed by atoms with E-state index in [0.29, 0.717) is 25.6 Å². The highest BCUT2D eigenvalue weighted by atomic mass is 16.2. The highest BCUT2D eigenvalue weighted by Crippen LogP contribution is 2.47. The number of rotatable bonds is 4. The Bertz CT molecular complexity index is 859. The molecule has 4 heterocycles. The van der Waals surface area contributed by atoms with Crippen LogP contribution in [0.15, 0.2) is 18.2 Å². The van der Waals surface area contributed by atoms with E-state index >= 15 is 0 Å². The number of fused-ring (bicyclic) bond motifs is 3. The maximum Gasteiger partial charge on any atom is 0.255 e. The topological polar surface area (TPSA) is 95.7 Å². The zero-order chi connectivity index (χ0) is 19.5. The number of carbonyl (C=O) groups excluding carboxylic acids is 3. The summed E-state index contributed by atoms with van der Waals surface area (Å²) < 4.78 is 0. The van der Waals surface area contributed by atoms with E-state index in [9.17, 15) is 14.4 Å². The molecule has 1 aromatic carbocycles. The van der Waals surface area contributed by atoms with E-state index in [1.165, 1.54) is 12.8 Å². The Morgan fingerprint density at radius 3 is 2.64 bits per heavy atom. The van der Waals surface area contributed by atoms with Crippen LogP contribution in [0.1, 0.15) is 60.0 Å². The number of imide groups is 1. The van der Waals surface area contributed by atoms with Crippen LogP contribution < -0.4 is 11.1 Å². The maximum atomic E-state index is 13.3. The van der Waals surface area contributed by atoms with Crippen molar-refractivity contribution in [2.75, 3.05) is 6.54 Å². The van der Waals surface area contributed by atoms with Gasteiger partial charge in [0.2, 0.25) is 11.8 Å². The lowest BCUT2D eigenvalue weighted by atomic mass is 9.88. The van der Waals surface area contributed by atoms with Gasteiger partial charge in [-0.2, -0.15) is 0 Å². The Morgan fingerprint density at radius 1 is 1.14 bits per heavy atom. The molecule has 1 aromatic rings. The van der Waals surface area contributed by atoms with Gasteiger partial charge in [-0.05, 0) is 43.2 Å². The van der Waals surface area contributed by atoms with E-state index in [0.717, 1.165) is 36.1 Å². The van der Waals surface area contributed by atoms with Crippen molar-refractivity contribution < 1.29 is 14.4 Å². The molecule has 3 saturated heterocycles. The lowest BCUT2D eigenvalue weighted by Gasteiger charge is -2.34. The Labute approximate surface area is 164 Å². The van der Waals surface area contributed by atoms with Crippen molar-refractivity contribution >= 4 is 17.7 Å². The Balaban J connectivity index is 1.42. The molecule has 0 aromatic heterocycles. The number of nitrogens with zero attached hydrogens (tertiary/aromatic N) is 2. The van der Waals surface area contributed by atoms with Crippen LogP contribution in [-0.2, 0) is 22.7 Å². The molecule has 0 saturated carbocycles. The van der Waals surface area contributed by atoms with E-state index < -0.39 is 6.04 Å². The van der Waals surface area contributed by atoms with Gasteiger partial charge in [0.25, 0.3) is 5.91 Å². The zero-order valence-corrected chi connectivity index (χ0v) is 15.9. The van der Waals surface area contributed by atoms with Crippen molar-refractivity contribution in [2.24, 2.45) is 5.73 Å². The van der Waals surface area contributed by atoms with Crippen molar-refractivity contribution in [3.05, 3.63) is 34.9 Å². The van der Waals surface area contributed by atoms with Gasteiger partial charge in [-0.25, -0.2) is 0 Å². The smallest absolute Gasteiger partial charge is 0.255 e. The van der Waals surface area contributed by atoms with E-state index in [1.54, 1.807) is 4.90 Å². The van der Waals surface area contributed by atoms with Crippen LogP contribution in [-0.4, -0.2) is 51.7 Å². The van der Waals surface area contributed by atoms with Gasteiger partial charge in [0.1, 0.15) is 6.04 Å². The SMILES string of the molecule is NCC12CCC(CC1)N2Cc1cccc2c1C(=O)N(C1CCC(=O)NC1=O)C2. The number of amides is 3. The fourth-order valence-corrected chi connectivity index (χ4v) is 5.75. The molecule has 4 aliphatic rings. The molecule has 28 heavy (non-hydrogen) atoms. The van der Waals surface area contributed by atoms with Crippen molar-refractivity contribution in [2.45, 2.75) is 69.2 Å². The van der Waals surface area contributed by atoms with Crippen molar-refractivity contribution in [3.8, 4) is 0 Å². The fourth-order valence-electron chi connectivity index (χ4n) is 5.75. The average molecular weight is 382 g/mol. The molecule has 1 atom stereocenters. The number of benzene rings is 1. The van der Waals surface area contributed by atoms with Crippen LogP contribution >= 0.6 is 0 Å². The molecule has 0 spiro atoms. The van der Waals surface area contributed by atoms with Crippen LogP contribution in [0.2, 0.25) is 0 Å². The summed E-state index contributed by atoms with van der Waals surface area (Å²) in [5.74, 6) is -0.713. The Hall–Kier alpha value is -2.25. The molecule has 7 nitrogen and oxygen atoms in total. The minimum Gasteiger partial charge on any atom is -0.329 e. The fraction of sp³-hybridized carbons (Fsp3) is 0.571. The molecule has 0 aliphatic carbocycles. The van der Waals surface area contributed by atoms with Gasteiger partial charge < -0.3 is 10.6 Å². The van der Waals surface area contributed by atoms with Gasteiger partial charge in [0.15, 0.2) is 0 Å². The summed E-state index contributed by atoms with van der Waals surface area (Å²) in [6, 6.07) is 6.00. The highest BCUT2D eigenvalue weighted by molar-refractivity contribution is 6.06. The molecule has 2 bridgehead atoms.